The van der Waals surface area contributed by atoms with E-state index in [-0.39, 0.29) is 29.7 Å². The van der Waals surface area contributed by atoms with Crippen LogP contribution in [0.5, 0.6) is 5.88 Å². The number of aromatic nitrogens is 3. The largest absolute Gasteiger partial charge is 0.474 e. The minimum Gasteiger partial charge on any atom is -0.474 e. The topological polar surface area (TPSA) is 168 Å². The van der Waals surface area contributed by atoms with Gasteiger partial charge in [0.15, 0.2) is 0 Å². The summed E-state index contributed by atoms with van der Waals surface area (Å²) in [5.74, 6) is -0.103. The number of fused-ring (bicyclic) bond motifs is 3. The number of nitrogens with one attached hydrogen (secondary N) is 3. The van der Waals surface area contributed by atoms with E-state index in [2.05, 4.69) is 60.8 Å². The van der Waals surface area contributed by atoms with Crippen molar-refractivity contribution < 1.29 is 28.3 Å². The number of hydrogen-bond donors (Lipinski definition) is 3. The van der Waals surface area contributed by atoms with E-state index in [1.807, 2.05) is 23.5 Å². The molecule has 4 amide bonds. The van der Waals surface area contributed by atoms with Gasteiger partial charge in [0.05, 0.1) is 40.6 Å². The molecule has 316 valence electrons. The van der Waals surface area contributed by atoms with Crippen LogP contribution in [0.4, 0.5) is 38.8 Å². The first-order valence-electron chi connectivity index (χ1n) is 21.3. The second-order valence-electron chi connectivity index (χ2n) is 16.8. The maximum atomic E-state index is 15.5. The standard InChI is InChI=1S/C44H48FN11O5/c1-26-36(23-49-42-40(26)46-9-17-61-42)55-12-8-28-21-47-37(18-29(28)25-55)50-30-2-4-38(48-22-30)54-10-6-27(7-11-54)24-52-13-15-53(16-14-52)35-20-32-31(19-33(35)45)43(59)56(44(32)60)34-3-5-39(57)51-41(34)58/h2,4,18-23,27,34,46H,3,5-17,24-25H2,1H3,(H,47,50)(H,51,57,58). The number of halogens is 1. The number of rotatable bonds is 8. The molecule has 10 rings (SSSR count). The predicted octanol–water partition coefficient (Wildman–Crippen LogP) is 3.87. The lowest BCUT2D eigenvalue weighted by atomic mass is 9.96. The van der Waals surface area contributed by atoms with Gasteiger partial charge in [0.25, 0.3) is 11.8 Å². The number of imide groups is 2. The number of carbonyl (C=O) groups excluding carboxylic acids is 4. The highest BCUT2D eigenvalue weighted by atomic mass is 19.1. The van der Waals surface area contributed by atoms with Crippen LogP contribution in [0.1, 0.15) is 63.1 Å². The van der Waals surface area contributed by atoms with E-state index in [0.717, 1.165) is 117 Å². The Kier molecular flexibility index (Phi) is 10.1. The minimum atomic E-state index is -1.09. The molecule has 17 heteroatoms. The Bertz CT molecular complexity index is 2420. The fourth-order valence-electron chi connectivity index (χ4n) is 9.64. The molecule has 3 saturated heterocycles. The van der Waals surface area contributed by atoms with Crippen LogP contribution < -0.4 is 35.4 Å². The summed E-state index contributed by atoms with van der Waals surface area (Å²) in [6.45, 7) is 10.7. The third-order valence-electron chi connectivity index (χ3n) is 13.1. The first kappa shape index (κ1) is 38.8. The second kappa shape index (κ2) is 15.9. The Morgan fingerprint density at radius 1 is 0.803 bits per heavy atom. The zero-order valence-corrected chi connectivity index (χ0v) is 34.1. The number of ether oxygens (including phenoxy) is 1. The molecule has 0 spiro atoms. The highest BCUT2D eigenvalue weighted by Crippen LogP contribution is 2.37. The SMILES string of the molecule is Cc1c(N2CCc3cnc(Nc4ccc(N5CCC(CN6CCN(c7cc8c(cc7F)C(=O)N(C7CCC(=O)NC7=O)C8=O)CC6)CC5)nc4)cc3C2)cnc2c1NCCO2. The zero-order valence-electron chi connectivity index (χ0n) is 34.1. The van der Waals surface area contributed by atoms with Crippen LogP contribution in [0.3, 0.4) is 0 Å². The average Bonchev–Trinajstić information content (AvgIpc) is 3.51. The number of piperazine rings is 1. The van der Waals surface area contributed by atoms with Crippen molar-refractivity contribution in [3.8, 4) is 5.88 Å². The smallest absolute Gasteiger partial charge is 0.262 e. The third kappa shape index (κ3) is 7.44. The maximum absolute atomic E-state index is 15.5. The summed E-state index contributed by atoms with van der Waals surface area (Å²) in [6, 6.07) is 7.73. The molecular weight excluding hydrogens is 782 g/mol. The Labute approximate surface area is 352 Å². The van der Waals surface area contributed by atoms with Crippen molar-refractivity contribution in [2.45, 2.75) is 51.6 Å². The highest BCUT2D eigenvalue weighted by molar-refractivity contribution is 6.23. The van der Waals surface area contributed by atoms with Crippen LogP contribution in [0.15, 0.2) is 48.9 Å². The van der Waals surface area contributed by atoms with Gasteiger partial charge in [-0.2, -0.15) is 0 Å². The normalized spacial score (nSPS) is 20.8. The molecule has 0 aliphatic carbocycles. The number of piperidine rings is 2. The van der Waals surface area contributed by atoms with Crippen molar-refractivity contribution >= 4 is 58.0 Å². The molecule has 61 heavy (non-hydrogen) atoms. The minimum absolute atomic E-state index is 0.0251. The molecule has 3 fully saturated rings. The molecule has 6 aliphatic heterocycles. The van der Waals surface area contributed by atoms with Crippen molar-refractivity contribution in [1.29, 1.82) is 0 Å². The number of pyridine rings is 3. The number of carbonyl (C=O) groups is 4. The van der Waals surface area contributed by atoms with Gasteiger partial charge in [0.1, 0.15) is 35.8 Å². The molecule has 9 heterocycles. The van der Waals surface area contributed by atoms with Gasteiger partial charge < -0.3 is 30.1 Å². The first-order valence-corrected chi connectivity index (χ1v) is 21.3. The van der Waals surface area contributed by atoms with Crippen molar-refractivity contribution in [3.05, 3.63) is 82.6 Å². The van der Waals surface area contributed by atoms with Crippen LogP contribution in [0.2, 0.25) is 0 Å². The van der Waals surface area contributed by atoms with Crippen LogP contribution in [-0.4, -0.2) is 120 Å². The van der Waals surface area contributed by atoms with E-state index in [0.29, 0.717) is 31.5 Å². The van der Waals surface area contributed by atoms with Gasteiger partial charge in [0, 0.05) is 83.6 Å². The van der Waals surface area contributed by atoms with Crippen molar-refractivity contribution in [3.63, 3.8) is 0 Å². The van der Waals surface area contributed by atoms with Gasteiger partial charge in [0.2, 0.25) is 17.7 Å². The number of hydrogen-bond acceptors (Lipinski definition) is 14. The van der Waals surface area contributed by atoms with Gasteiger partial charge in [-0.15, -0.1) is 0 Å². The lowest BCUT2D eigenvalue weighted by Crippen LogP contribution is -2.54. The van der Waals surface area contributed by atoms with E-state index in [1.165, 1.54) is 17.2 Å². The molecule has 1 atom stereocenters. The van der Waals surface area contributed by atoms with Crippen LogP contribution in [0.25, 0.3) is 0 Å². The second-order valence-corrected chi connectivity index (χ2v) is 16.8. The summed E-state index contributed by atoms with van der Waals surface area (Å²) in [6.07, 6.45) is 8.86. The Balaban J connectivity index is 0.698. The van der Waals surface area contributed by atoms with E-state index >= 15 is 4.39 Å². The summed E-state index contributed by atoms with van der Waals surface area (Å²) < 4.78 is 21.2. The summed E-state index contributed by atoms with van der Waals surface area (Å²) >= 11 is 0. The summed E-state index contributed by atoms with van der Waals surface area (Å²) in [5, 5.41) is 9.10. The van der Waals surface area contributed by atoms with Gasteiger partial charge >= 0.3 is 0 Å². The van der Waals surface area contributed by atoms with E-state index in [4.69, 9.17) is 14.7 Å². The molecule has 3 aromatic heterocycles. The number of amides is 4. The quantitative estimate of drug-likeness (QED) is 0.219. The molecule has 1 unspecified atom stereocenters. The molecule has 1 aromatic carbocycles. The lowest BCUT2D eigenvalue weighted by Gasteiger charge is -2.40. The van der Waals surface area contributed by atoms with Crippen LogP contribution in [0, 0.1) is 18.7 Å². The number of nitrogens with zero attached hydrogens (tertiary/aromatic N) is 8. The average molecular weight is 830 g/mol. The fraction of sp³-hybridized carbons (Fsp3) is 0.432. The monoisotopic (exact) mass is 829 g/mol. The molecule has 16 nitrogen and oxygen atoms in total. The third-order valence-corrected chi connectivity index (χ3v) is 13.1. The predicted molar refractivity (Wildman–Crippen MR) is 226 cm³/mol. The van der Waals surface area contributed by atoms with E-state index in [1.54, 1.807) is 0 Å². The summed E-state index contributed by atoms with van der Waals surface area (Å²) in [5.41, 5.74) is 6.96. The summed E-state index contributed by atoms with van der Waals surface area (Å²) in [7, 11) is 0. The zero-order chi connectivity index (χ0) is 41.8. The molecule has 0 saturated carbocycles. The van der Waals surface area contributed by atoms with Gasteiger partial charge in [-0.3, -0.25) is 34.3 Å². The maximum Gasteiger partial charge on any atom is 0.262 e. The van der Waals surface area contributed by atoms with Crippen LogP contribution in [-0.2, 0) is 22.6 Å². The molecule has 6 aliphatic rings. The lowest BCUT2D eigenvalue weighted by molar-refractivity contribution is -0.136. The Morgan fingerprint density at radius 2 is 1.61 bits per heavy atom. The molecule has 4 aromatic rings. The Hall–Kier alpha value is -6.36. The molecule has 0 radical (unpaired) electrons. The molecule has 0 bridgehead atoms. The van der Waals surface area contributed by atoms with Crippen molar-refractivity contribution in [2.24, 2.45) is 5.92 Å². The number of anilines is 6. The molecular formula is C44H48FN11O5. The Morgan fingerprint density at radius 3 is 2.38 bits per heavy atom. The highest BCUT2D eigenvalue weighted by Gasteiger charge is 2.45. The van der Waals surface area contributed by atoms with Crippen molar-refractivity contribution in [2.75, 3.05) is 90.8 Å². The summed E-state index contributed by atoms with van der Waals surface area (Å²) in [4.78, 5) is 74.6. The first-order chi connectivity index (χ1) is 29.7. The number of benzene rings is 1. The van der Waals surface area contributed by atoms with Crippen LogP contribution >= 0.6 is 0 Å². The van der Waals surface area contributed by atoms with Gasteiger partial charge in [-0.05, 0) is 80.0 Å². The fourth-order valence-corrected chi connectivity index (χ4v) is 9.64. The van der Waals surface area contributed by atoms with Gasteiger partial charge in [-0.1, -0.05) is 0 Å². The molecule has 3 N–H and O–H groups in total. The van der Waals surface area contributed by atoms with Gasteiger partial charge in [-0.25, -0.2) is 19.3 Å². The van der Waals surface area contributed by atoms with E-state index in [9.17, 15) is 19.2 Å². The van der Waals surface area contributed by atoms with Crippen molar-refractivity contribution in [1.82, 2.24) is 30.1 Å². The van der Waals surface area contributed by atoms with E-state index < -0.39 is 35.5 Å².